The van der Waals surface area contributed by atoms with E-state index in [2.05, 4.69) is 9.72 Å². The van der Waals surface area contributed by atoms with Gasteiger partial charge in [-0.05, 0) is 18.2 Å². The average Bonchev–Trinajstić information content (AvgIpc) is 2.37. The number of halogens is 2. The Morgan fingerprint density at radius 1 is 1.35 bits per heavy atom. The molecule has 0 amide bonds. The summed E-state index contributed by atoms with van der Waals surface area (Å²) in [4.78, 5) is 27.7. The Hall–Kier alpha value is -2.77. The van der Waals surface area contributed by atoms with Gasteiger partial charge in [0.1, 0.15) is 11.4 Å². The first-order chi connectivity index (χ1) is 9.45. The van der Waals surface area contributed by atoms with Crippen molar-refractivity contribution < 1.29 is 23.4 Å². The van der Waals surface area contributed by atoms with Crippen LogP contribution in [0.3, 0.4) is 0 Å². The highest BCUT2D eigenvalue weighted by Gasteiger charge is 2.10. The predicted molar refractivity (Wildman–Crippen MR) is 63.9 cm³/mol. The molecule has 0 bridgehead atoms. The van der Waals surface area contributed by atoms with E-state index in [0.29, 0.717) is 0 Å². The number of carboxylic acid groups (broad SMARTS) is 1. The molecule has 0 unspecified atom stereocenters. The zero-order chi connectivity index (χ0) is 14.7. The van der Waals surface area contributed by atoms with Crippen LogP contribution in [-0.4, -0.2) is 27.7 Å². The quantitative estimate of drug-likeness (QED) is 0.891. The molecule has 1 heterocycles. The van der Waals surface area contributed by atoms with E-state index >= 15 is 0 Å². The van der Waals surface area contributed by atoms with Crippen LogP contribution < -0.4 is 10.4 Å². The van der Waals surface area contributed by atoms with Crippen LogP contribution in [0.25, 0.3) is 11.3 Å². The third-order valence-corrected chi connectivity index (χ3v) is 2.33. The highest BCUT2D eigenvalue weighted by atomic mass is 19.3. The van der Waals surface area contributed by atoms with Crippen LogP contribution in [0.1, 0.15) is 10.5 Å². The van der Waals surface area contributed by atoms with Crippen LogP contribution in [0.4, 0.5) is 8.78 Å². The minimum absolute atomic E-state index is 0.0471. The van der Waals surface area contributed by atoms with Gasteiger partial charge in [0, 0.05) is 5.56 Å². The topological polar surface area (TPSA) is 92.3 Å². The van der Waals surface area contributed by atoms with Gasteiger partial charge in [-0.3, -0.25) is 4.98 Å². The van der Waals surface area contributed by atoms with Gasteiger partial charge in [0.05, 0.1) is 5.69 Å². The first-order valence-corrected chi connectivity index (χ1v) is 5.35. The third-order valence-electron chi connectivity index (χ3n) is 2.33. The number of hydrogen-bond donors (Lipinski definition) is 2. The average molecular weight is 282 g/mol. The molecule has 6 nitrogen and oxygen atoms in total. The Morgan fingerprint density at radius 3 is 2.75 bits per heavy atom. The van der Waals surface area contributed by atoms with E-state index in [4.69, 9.17) is 5.11 Å². The normalized spacial score (nSPS) is 10.6. The lowest BCUT2D eigenvalue weighted by atomic mass is 10.1. The lowest BCUT2D eigenvalue weighted by Gasteiger charge is -2.06. The van der Waals surface area contributed by atoms with Crippen molar-refractivity contribution in [3.8, 4) is 17.0 Å². The number of aromatic carboxylic acids is 1. The van der Waals surface area contributed by atoms with Gasteiger partial charge in [0.15, 0.2) is 0 Å². The molecule has 1 aromatic heterocycles. The van der Waals surface area contributed by atoms with Gasteiger partial charge in [-0.2, -0.15) is 13.8 Å². The monoisotopic (exact) mass is 282 g/mol. The Bertz CT molecular complexity index is 700. The van der Waals surface area contributed by atoms with Crippen molar-refractivity contribution in [1.29, 1.82) is 0 Å². The molecule has 2 aromatic rings. The van der Waals surface area contributed by atoms with E-state index in [9.17, 15) is 18.4 Å². The van der Waals surface area contributed by atoms with Crippen molar-refractivity contribution in [3.05, 3.63) is 46.5 Å². The molecule has 0 saturated heterocycles. The Morgan fingerprint density at radius 2 is 2.10 bits per heavy atom. The summed E-state index contributed by atoms with van der Waals surface area (Å²) in [6, 6.07) is 6.59. The summed E-state index contributed by atoms with van der Waals surface area (Å²) in [6.07, 6.45) is 0. The fraction of sp³-hybridized carbons (Fsp3) is 0.0833. The third kappa shape index (κ3) is 3.16. The first kappa shape index (κ1) is 13.7. The molecule has 0 aliphatic rings. The van der Waals surface area contributed by atoms with E-state index in [-0.39, 0.29) is 22.7 Å². The number of benzene rings is 1. The zero-order valence-electron chi connectivity index (χ0n) is 9.84. The summed E-state index contributed by atoms with van der Waals surface area (Å²) in [5.74, 6) is -1.44. The van der Waals surface area contributed by atoms with Crippen molar-refractivity contribution >= 4 is 5.97 Å². The van der Waals surface area contributed by atoms with Crippen molar-refractivity contribution in [3.63, 3.8) is 0 Å². The molecule has 104 valence electrons. The van der Waals surface area contributed by atoms with Crippen LogP contribution in [-0.2, 0) is 0 Å². The molecule has 0 aliphatic heterocycles. The van der Waals surface area contributed by atoms with Gasteiger partial charge < -0.3 is 9.84 Å². The molecule has 0 saturated carbocycles. The fourth-order valence-electron chi connectivity index (χ4n) is 1.55. The summed E-state index contributed by atoms with van der Waals surface area (Å²) < 4.78 is 28.5. The fourth-order valence-corrected chi connectivity index (χ4v) is 1.55. The number of carbonyl (C=O) groups is 1. The van der Waals surface area contributed by atoms with Crippen molar-refractivity contribution in [2.24, 2.45) is 0 Å². The maximum Gasteiger partial charge on any atom is 0.387 e. The van der Waals surface area contributed by atoms with E-state index in [1.54, 1.807) is 0 Å². The lowest BCUT2D eigenvalue weighted by Crippen LogP contribution is -2.16. The highest BCUT2D eigenvalue weighted by molar-refractivity contribution is 5.86. The molecule has 8 heteroatoms. The van der Waals surface area contributed by atoms with Gasteiger partial charge in [0.2, 0.25) is 0 Å². The van der Waals surface area contributed by atoms with E-state index < -0.39 is 18.3 Å². The van der Waals surface area contributed by atoms with Gasteiger partial charge in [0.25, 0.3) is 0 Å². The molecule has 2 rings (SSSR count). The molecule has 1 aromatic carbocycles. The minimum atomic E-state index is -2.98. The number of nitrogens with zero attached hydrogens (tertiary/aromatic N) is 1. The smallest absolute Gasteiger partial charge is 0.387 e. The summed E-state index contributed by atoms with van der Waals surface area (Å²) in [5.41, 5.74) is -0.858. The number of rotatable bonds is 4. The minimum Gasteiger partial charge on any atom is -0.477 e. The van der Waals surface area contributed by atoms with Crippen LogP contribution in [0.2, 0.25) is 0 Å². The second-order valence-corrected chi connectivity index (χ2v) is 3.70. The molecular weight excluding hydrogens is 274 g/mol. The largest absolute Gasteiger partial charge is 0.477 e. The van der Waals surface area contributed by atoms with Gasteiger partial charge in [-0.15, -0.1) is 0 Å². The number of hydrogen-bond acceptors (Lipinski definition) is 4. The van der Waals surface area contributed by atoms with Crippen LogP contribution >= 0.6 is 0 Å². The molecule has 0 atom stereocenters. The Kier molecular flexibility index (Phi) is 3.74. The second kappa shape index (κ2) is 5.47. The summed E-state index contributed by atoms with van der Waals surface area (Å²) >= 11 is 0. The summed E-state index contributed by atoms with van der Waals surface area (Å²) in [7, 11) is 0. The summed E-state index contributed by atoms with van der Waals surface area (Å²) in [5, 5.41) is 8.83. The van der Waals surface area contributed by atoms with E-state index in [1.807, 2.05) is 4.98 Å². The number of carboxylic acids is 1. The van der Waals surface area contributed by atoms with Crippen molar-refractivity contribution in [1.82, 2.24) is 9.97 Å². The van der Waals surface area contributed by atoms with E-state index in [1.165, 1.54) is 24.3 Å². The highest BCUT2D eigenvalue weighted by Crippen LogP contribution is 2.23. The van der Waals surface area contributed by atoms with Gasteiger partial charge in [-0.25, -0.2) is 9.59 Å². The number of aromatic amines is 1. The summed E-state index contributed by atoms with van der Waals surface area (Å²) in [6.45, 7) is -2.98. The second-order valence-electron chi connectivity index (χ2n) is 3.70. The molecule has 0 radical (unpaired) electrons. The number of nitrogens with one attached hydrogen (secondary N) is 1. The van der Waals surface area contributed by atoms with Gasteiger partial charge in [-0.1, -0.05) is 12.1 Å². The number of ether oxygens (including phenoxy) is 1. The predicted octanol–water partition coefficient (Wildman–Crippen LogP) is 1.74. The van der Waals surface area contributed by atoms with Gasteiger partial charge >= 0.3 is 18.3 Å². The standard InChI is InChI=1S/C12H8F2N2O4/c13-11(14)20-7-3-1-2-6(4-7)8-5-9(10(17)18)16-12(19)15-8/h1-5,11H,(H,17,18)(H,15,16,19). The number of aromatic nitrogens is 2. The SMILES string of the molecule is O=C(O)c1cc(-c2cccc(OC(F)F)c2)nc(=O)[nH]1. The van der Waals surface area contributed by atoms with Crippen LogP contribution in [0.5, 0.6) is 5.75 Å². The molecule has 0 spiro atoms. The molecule has 0 aliphatic carbocycles. The lowest BCUT2D eigenvalue weighted by molar-refractivity contribution is -0.0498. The molecule has 2 N–H and O–H groups in total. The van der Waals surface area contributed by atoms with Crippen LogP contribution in [0.15, 0.2) is 35.1 Å². The van der Waals surface area contributed by atoms with Crippen molar-refractivity contribution in [2.45, 2.75) is 6.61 Å². The van der Waals surface area contributed by atoms with E-state index in [0.717, 1.165) is 6.07 Å². The first-order valence-electron chi connectivity index (χ1n) is 5.35. The van der Waals surface area contributed by atoms with Crippen molar-refractivity contribution in [2.75, 3.05) is 0 Å². The number of alkyl halides is 2. The maximum absolute atomic E-state index is 12.1. The zero-order valence-corrected chi connectivity index (χ0v) is 9.84. The molecule has 20 heavy (non-hydrogen) atoms. The Balaban J connectivity index is 2.46. The Labute approximate surface area is 110 Å². The molecular formula is C12H8F2N2O4. The maximum atomic E-state index is 12.1. The number of H-pyrrole nitrogens is 1. The van der Waals surface area contributed by atoms with Crippen LogP contribution in [0, 0.1) is 0 Å². The molecule has 0 fully saturated rings.